The molecule has 0 radical (unpaired) electrons. The highest BCUT2D eigenvalue weighted by Crippen LogP contribution is 2.46. The number of esters is 1. The average Bonchev–Trinajstić information content (AvgIpc) is 3.31. The molecule has 6 rings (SSSR count). The fraction of sp³-hybridized carbons (Fsp3) is 0.414. The summed E-state index contributed by atoms with van der Waals surface area (Å²) in [5.74, 6) is -2.24. The molecule has 2 aromatic heterocycles. The summed E-state index contributed by atoms with van der Waals surface area (Å²) in [5, 5.41) is 26.1. The van der Waals surface area contributed by atoms with Crippen LogP contribution < -0.4 is 16.2 Å². The highest BCUT2D eigenvalue weighted by molar-refractivity contribution is 5.94. The summed E-state index contributed by atoms with van der Waals surface area (Å²) < 4.78 is 21.7. The Balaban J connectivity index is 1.54. The van der Waals surface area contributed by atoms with Crippen LogP contribution in [0.5, 0.6) is 0 Å². The molecule has 3 aromatic rings. The van der Waals surface area contributed by atoms with E-state index in [1.807, 2.05) is 0 Å². The first-order valence-electron chi connectivity index (χ1n) is 13.5. The van der Waals surface area contributed by atoms with Crippen LogP contribution in [0.1, 0.15) is 66.1 Å². The van der Waals surface area contributed by atoms with Crippen LogP contribution in [-0.2, 0) is 39.5 Å². The molecule has 3 aliphatic rings. The van der Waals surface area contributed by atoms with Gasteiger partial charge in [-0.2, -0.15) is 0 Å². The number of fused-ring (bicyclic) bond motifs is 5. The van der Waals surface area contributed by atoms with Crippen LogP contribution in [0.4, 0.5) is 9.18 Å². The van der Waals surface area contributed by atoms with Crippen LogP contribution >= 0.6 is 0 Å². The number of carbonyl (C=O) groups excluding carboxylic acids is 2. The van der Waals surface area contributed by atoms with Crippen molar-refractivity contribution in [3.63, 3.8) is 0 Å². The molecule has 0 fully saturated rings. The Kier molecular flexibility index (Phi) is 6.14. The van der Waals surface area contributed by atoms with Crippen LogP contribution in [0.3, 0.4) is 0 Å². The Hall–Kier alpha value is -4.32. The second kappa shape index (κ2) is 9.37. The van der Waals surface area contributed by atoms with E-state index in [4.69, 9.17) is 14.8 Å². The molecule has 1 aliphatic carbocycles. The van der Waals surface area contributed by atoms with Crippen molar-refractivity contribution in [3.8, 4) is 11.4 Å². The number of carbonyl (C=O) groups is 3. The topological polar surface area (TPSA) is 160 Å². The van der Waals surface area contributed by atoms with Gasteiger partial charge in [0.25, 0.3) is 5.56 Å². The molecular weight excluding hydrogens is 535 g/mol. The van der Waals surface area contributed by atoms with Crippen molar-refractivity contribution in [2.75, 3.05) is 6.54 Å². The summed E-state index contributed by atoms with van der Waals surface area (Å²) in [7, 11) is 0. The van der Waals surface area contributed by atoms with Gasteiger partial charge in [-0.25, -0.2) is 19.0 Å². The number of nitrogens with one attached hydrogen (secondary N) is 2. The number of rotatable bonds is 5. The number of aliphatic hydroxyl groups is 1. The number of pyridine rings is 2. The molecule has 214 valence electrons. The number of nitrogens with zero attached hydrogens (tertiary/aromatic N) is 2. The molecule has 3 atom stereocenters. The fourth-order valence-electron chi connectivity index (χ4n) is 6.35. The molecule has 4 heterocycles. The molecule has 11 nitrogen and oxygen atoms in total. The van der Waals surface area contributed by atoms with E-state index < -0.39 is 41.0 Å². The monoisotopic (exact) mass is 564 g/mol. The Morgan fingerprint density at radius 2 is 2.02 bits per heavy atom. The number of benzene rings is 1. The molecule has 0 saturated heterocycles. The van der Waals surface area contributed by atoms with Crippen molar-refractivity contribution in [2.24, 2.45) is 5.92 Å². The predicted molar refractivity (Wildman–Crippen MR) is 144 cm³/mol. The van der Waals surface area contributed by atoms with Gasteiger partial charge in [0.2, 0.25) is 5.91 Å². The van der Waals surface area contributed by atoms with Crippen LogP contribution in [0, 0.1) is 18.7 Å². The highest BCUT2D eigenvalue weighted by Gasteiger charge is 2.46. The summed E-state index contributed by atoms with van der Waals surface area (Å²) in [6.45, 7) is 4.75. The van der Waals surface area contributed by atoms with E-state index in [1.165, 1.54) is 10.6 Å². The number of hydrogen-bond donors (Lipinski definition) is 4. The molecule has 0 unspecified atom stereocenters. The Morgan fingerprint density at radius 1 is 1.27 bits per heavy atom. The summed E-state index contributed by atoms with van der Waals surface area (Å²) in [5.41, 5.74) is 1.86. The summed E-state index contributed by atoms with van der Waals surface area (Å²) >= 11 is 0. The lowest BCUT2D eigenvalue weighted by molar-refractivity contribution is -0.172. The summed E-state index contributed by atoms with van der Waals surface area (Å²) in [6, 6.07) is 2.45. The van der Waals surface area contributed by atoms with Crippen LogP contribution in [0.2, 0.25) is 0 Å². The van der Waals surface area contributed by atoms with E-state index in [1.54, 1.807) is 26.8 Å². The van der Waals surface area contributed by atoms with Gasteiger partial charge >= 0.3 is 12.1 Å². The lowest BCUT2D eigenvalue weighted by atomic mass is 9.81. The maximum atomic E-state index is 15.0. The largest absolute Gasteiger partial charge is 0.465 e. The third-order valence-corrected chi connectivity index (χ3v) is 8.70. The van der Waals surface area contributed by atoms with Crippen LogP contribution in [-0.4, -0.2) is 44.3 Å². The molecule has 0 saturated carbocycles. The van der Waals surface area contributed by atoms with Gasteiger partial charge in [0.1, 0.15) is 12.4 Å². The Labute approximate surface area is 233 Å². The van der Waals surface area contributed by atoms with Crippen LogP contribution in [0.15, 0.2) is 16.9 Å². The number of ether oxygens (including phenoxy) is 1. The second-order valence-corrected chi connectivity index (χ2v) is 11.0. The number of halogens is 1. The molecule has 12 heteroatoms. The van der Waals surface area contributed by atoms with Crippen molar-refractivity contribution < 1.29 is 33.7 Å². The van der Waals surface area contributed by atoms with Gasteiger partial charge in [-0.05, 0) is 48.9 Å². The molecule has 4 N–H and O–H groups in total. The highest BCUT2D eigenvalue weighted by atomic mass is 19.1. The number of carboxylic acid groups (broad SMARTS) is 1. The van der Waals surface area contributed by atoms with Crippen molar-refractivity contribution in [1.82, 2.24) is 20.2 Å². The zero-order chi connectivity index (χ0) is 29.4. The van der Waals surface area contributed by atoms with Crippen molar-refractivity contribution in [2.45, 2.75) is 64.8 Å². The average molecular weight is 565 g/mol. The van der Waals surface area contributed by atoms with E-state index in [0.29, 0.717) is 40.9 Å². The lowest BCUT2D eigenvalue weighted by Crippen LogP contribution is -2.44. The third-order valence-electron chi connectivity index (χ3n) is 8.70. The SMILES string of the molecule is CC[C@@]1(O)C(=O)OCc2c1cc1n(c2=O)Cc2c-1nc1cc(F)c(C)c3c1c2[C@@H](NC(=O)[C@H](C)CNC(=O)O)CC3. The van der Waals surface area contributed by atoms with Crippen molar-refractivity contribution in [3.05, 3.63) is 61.7 Å². The van der Waals surface area contributed by atoms with E-state index >= 15 is 4.39 Å². The van der Waals surface area contributed by atoms with Gasteiger partial charge < -0.3 is 30.2 Å². The van der Waals surface area contributed by atoms with Crippen molar-refractivity contribution >= 4 is 28.9 Å². The van der Waals surface area contributed by atoms with Crippen LogP contribution in [0.25, 0.3) is 22.3 Å². The molecular formula is C29H29FN4O7. The Bertz CT molecular complexity index is 1750. The maximum Gasteiger partial charge on any atom is 0.404 e. The Morgan fingerprint density at radius 3 is 2.73 bits per heavy atom. The zero-order valence-corrected chi connectivity index (χ0v) is 22.8. The minimum Gasteiger partial charge on any atom is -0.465 e. The van der Waals surface area contributed by atoms with Gasteiger partial charge in [0, 0.05) is 29.1 Å². The zero-order valence-electron chi connectivity index (χ0n) is 22.8. The van der Waals surface area contributed by atoms with Gasteiger partial charge in [-0.3, -0.25) is 9.59 Å². The molecule has 0 spiro atoms. The third kappa shape index (κ3) is 3.91. The first kappa shape index (κ1) is 26.9. The van der Waals surface area contributed by atoms with E-state index in [2.05, 4.69) is 10.6 Å². The van der Waals surface area contributed by atoms with Gasteiger partial charge in [-0.1, -0.05) is 13.8 Å². The quantitative estimate of drug-likeness (QED) is 0.269. The van der Waals surface area contributed by atoms with Gasteiger partial charge in [0.05, 0.1) is 41.0 Å². The number of aryl methyl sites for hydroxylation is 1. The normalized spacial score (nSPS) is 21.0. The first-order valence-corrected chi connectivity index (χ1v) is 13.5. The second-order valence-electron chi connectivity index (χ2n) is 11.0. The fourth-order valence-corrected chi connectivity index (χ4v) is 6.35. The van der Waals surface area contributed by atoms with E-state index in [9.17, 15) is 24.3 Å². The van der Waals surface area contributed by atoms with E-state index in [0.717, 1.165) is 16.5 Å². The minimum absolute atomic E-state index is 0.00184. The predicted octanol–water partition coefficient (Wildman–Crippen LogP) is 2.53. The van der Waals surface area contributed by atoms with E-state index in [-0.39, 0.29) is 43.2 Å². The number of amides is 2. The number of cyclic esters (lactones) is 1. The van der Waals surface area contributed by atoms with Crippen molar-refractivity contribution in [1.29, 1.82) is 0 Å². The molecule has 2 aliphatic heterocycles. The summed E-state index contributed by atoms with van der Waals surface area (Å²) in [4.78, 5) is 55.0. The minimum atomic E-state index is -1.98. The lowest BCUT2D eigenvalue weighted by Gasteiger charge is -2.31. The molecule has 41 heavy (non-hydrogen) atoms. The summed E-state index contributed by atoms with van der Waals surface area (Å²) in [6.07, 6.45) is -0.269. The van der Waals surface area contributed by atoms with Gasteiger partial charge in [0.15, 0.2) is 5.60 Å². The molecule has 0 bridgehead atoms. The first-order chi connectivity index (χ1) is 19.5. The maximum absolute atomic E-state index is 15.0. The van der Waals surface area contributed by atoms with Gasteiger partial charge in [-0.15, -0.1) is 0 Å². The number of aromatic nitrogens is 2. The molecule has 1 aromatic carbocycles. The number of hydrogen-bond acceptors (Lipinski definition) is 7. The standard InChI is InChI=1S/C29H29FN4O7/c1-4-29(40)17-7-21-24-15(10-34(21)26(36)16(17)11-41-27(29)37)23-19(33-25(35)12(2)9-31-28(38)39)6-5-14-13(3)18(30)8-20(32-24)22(14)23/h7-8,12,19,31,40H,4-6,9-11H2,1-3H3,(H,33,35)(H,38,39)/t12-,19+,29+/m1/s1. The smallest absolute Gasteiger partial charge is 0.404 e. The molecule has 2 amide bonds.